The lowest BCUT2D eigenvalue weighted by atomic mass is 10.2. The predicted octanol–water partition coefficient (Wildman–Crippen LogP) is 6.72. The highest BCUT2D eigenvalue weighted by atomic mass is 127. The Kier molecular flexibility index (Phi) is 6.53. The van der Waals surface area contributed by atoms with Gasteiger partial charge in [-0.3, -0.25) is 0 Å². The van der Waals surface area contributed by atoms with E-state index in [9.17, 15) is 0 Å². The maximum atomic E-state index is 3.42. The summed E-state index contributed by atoms with van der Waals surface area (Å²) in [6.45, 7) is 1.02. The lowest BCUT2D eigenvalue weighted by Gasteiger charge is -2.25. The summed E-state index contributed by atoms with van der Waals surface area (Å²) in [6, 6.07) is 31.4. The van der Waals surface area contributed by atoms with Crippen molar-refractivity contribution in [3.63, 3.8) is 0 Å². The normalized spacial score (nSPS) is 15.3. The van der Waals surface area contributed by atoms with Gasteiger partial charge in [0, 0.05) is 33.6 Å². The lowest BCUT2D eigenvalue weighted by Crippen LogP contribution is -2.24. The second-order valence-corrected chi connectivity index (χ2v) is 8.85. The smallest absolute Gasteiger partial charge is 0.0432 e. The van der Waals surface area contributed by atoms with E-state index < -0.39 is 0 Å². The first-order chi connectivity index (χ1) is 13.8. The summed E-state index contributed by atoms with van der Waals surface area (Å²) in [5.41, 5.74) is 4.00. The third-order valence-electron chi connectivity index (χ3n) is 5.04. The zero-order valence-electron chi connectivity index (χ0n) is 16.1. The molecule has 2 aliphatic carbocycles. The van der Waals surface area contributed by atoms with Crippen LogP contribution in [0.5, 0.6) is 0 Å². The van der Waals surface area contributed by atoms with Crippen LogP contribution in [0.3, 0.4) is 0 Å². The lowest BCUT2D eigenvalue weighted by molar-refractivity contribution is 0.794. The minimum absolute atomic E-state index is 0.741. The van der Waals surface area contributed by atoms with Crippen molar-refractivity contribution in [3.8, 4) is 0 Å². The fraction of sp³-hybridized carbons (Fsp3) is 0.280. The fourth-order valence-electron chi connectivity index (χ4n) is 3.27. The molecule has 0 amide bonds. The molecule has 0 aliphatic heterocycles. The van der Waals surface area contributed by atoms with Crippen LogP contribution in [-0.2, 0) is 6.54 Å². The van der Waals surface area contributed by atoms with Crippen molar-refractivity contribution < 1.29 is 0 Å². The third kappa shape index (κ3) is 5.99. The Morgan fingerprint density at radius 2 is 1.46 bits per heavy atom. The van der Waals surface area contributed by atoms with Crippen LogP contribution in [0.4, 0.5) is 11.4 Å². The molecule has 3 heteroatoms. The van der Waals surface area contributed by atoms with Crippen molar-refractivity contribution in [1.29, 1.82) is 0 Å². The Bertz CT molecular complexity index is 858. The first-order valence-corrected chi connectivity index (χ1v) is 11.2. The standard InChI is InChI=1S/C16H16IN.C9H11N/c17-14-6-4-5-13(11-14)12-18(16-9-10-16)15-7-2-1-3-8-15;1-2-4-8(5-3-1)10-9-6-7-9/h1-8,11,16H,9-10,12H2;1-5,9-10H,6-7H2. The average Bonchev–Trinajstić information content (AvgIpc) is 3.63. The molecular weight excluding hydrogens is 455 g/mol. The van der Waals surface area contributed by atoms with Gasteiger partial charge in [-0.1, -0.05) is 48.5 Å². The second kappa shape index (κ2) is 9.46. The number of hydrogen-bond donors (Lipinski definition) is 1. The maximum Gasteiger partial charge on any atom is 0.0432 e. The largest absolute Gasteiger partial charge is 0.382 e. The Balaban J connectivity index is 0.000000162. The van der Waals surface area contributed by atoms with Crippen molar-refractivity contribution in [2.45, 2.75) is 44.3 Å². The van der Waals surface area contributed by atoms with E-state index in [1.165, 1.54) is 46.2 Å². The fourth-order valence-corrected chi connectivity index (χ4v) is 3.87. The molecule has 0 atom stereocenters. The first kappa shape index (κ1) is 19.3. The topological polar surface area (TPSA) is 15.3 Å². The van der Waals surface area contributed by atoms with Gasteiger partial charge in [-0.2, -0.15) is 0 Å². The summed E-state index contributed by atoms with van der Waals surface area (Å²) >= 11 is 2.38. The van der Waals surface area contributed by atoms with E-state index in [2.05, 4.69) is 112 Å². The van der Waals surface area contributed by atoms with Crippen LogP contribution in [0, 0.1) is 3.57 Å². The van der Waals surface area contributed by atoms with Gasteiger partial charge in [0.25, 0.3) is 0 Å². The molecule has 3 aromatic carbocycles. The van der Waals surface area contributed by atoms with Gasteiger partial charge >= 0.3 is 0 Å². The van der Waals surface area contributed by atoms with Crippen molar-refractivity contribution in [1.82, 2.24) is 0 Å². The number of nitrogens with one attached hydrogen (secondary N) is 1. The summed E-state index contributed by atoms with van der Waals surface area (Å²) < 4.78 is 1.31. The number of hydrogen-bond acceptors (Lipinski definition) is 2. The minimum Gasteiger partial charge on any atom is -0.382 e. The van der Waals surface area contributed by atoms with Crippen molar-refractivity contribution in [2.24, 2.45) is 0 Å². The zero-order valence-corrected chi connectivity index (χ0v) is 18.3. The Morgan fingerprint density at radius 3 is 2.07 bits per heavy atom. The highest BCUT2D eigenvalue weighted by molar-refractivity contribution is 14.1. The average molecular weight is 482 g/mol. The molecule has 2 aliphatic rings. The van der Waals surface area contributed by atoms with Gasteiger partial charge in [0.2, 0.25) is 0 Å². The minimum atomic E-state index is 0.741. The summed E-state index contributed by atoms with van der Waals surface area (Å²) in [7, 11) is 0. The van der Waals surface area contributed by atoms with E-state index in [1.54, 1.807) is 0 Å². The van der Waals surface area contributed by atoms with Gasteiger partial charge in [-0.05, 0) is 90.2 Å². The maximum absolute atomic E-state index is 3.42. The molecule has 3 aromatic rings. The van der Waals surface area contributed by atoms with Gasteiger partial charge in [-0.15, -0.1) is 0 Å². The molecule has 0 unspecified atom stereocenters. The van der Waals surface area contributed by atoms with Crippen LogP contribution in [0.15, 0.2) is 84.9 Å². The van der Waals surface area contributed by atoms with E-state index in [0.717, 1.165) is 18.6 Å². The molecule has 2 fully saturated rings. The molecule has 5 rings (SSSR count). The molecule has 1 N–H and O–H groups in total. The summed E-state index contributed by atoms with van der Waals surface area (Å²) in [4.78, 5) is 2.53. The quantitative estimate of drug-likeness (QED) is 0.393. The number of anilines is 2. The van der Waals surface area contributed by atoms with E-state index in [-0.39, 0.29) is 0 Å². The molecule has 2 saturated carbocycles. The van der Waals surface area contributed by atoms with Crippen LogP contribution in [0.25, 0.3) is 0 Å². The monoisotopic (exact) mass is 482 g/mol. The molecule has 0 radical (unpaired) electrons. The van der Waals surface area contributed by atoms with Gasteiger partial charge in [0.05, 0.1) is 0 Å². The Hall–Kier alpha value is -2.01. The molecule has 0 spiro atoms. The van der Waals surface area contributed by atoms with Gasteiger partial charge in [0.1, 0.15) is 0 Å². The number of rotatable bonds is 6. The van der Waals surface area contributed by atoms with Crippen LogP contribution < -0.4 is 10.2 Å². The number of benzene rings is 3. The number of nitrogens with zero attached hydrogens (tertiary/aromatic N) is 1. The third-order valence-corrected chi connectivity index (χ3v) is 5.71. The van der Waals surface area contributed by atoms with Crippen molar-refractivity contribution in [3.05, 3.63) is 94.1 Å². The van der Waals surface area contributed by atoms with E-state index in [1.807, 2.05) is 6.07 Å². The Morgan fingerprint density at radius 1 is 0.786 bits per heavy atom. The van der Waals surface area contributed by atoms with E-state index in [4.69, 9.17) is 0 Å². The van der Waals surface area contributed by atoms with Crippen LogP contribution in [0.2, 0.25) is 0 Å². The predicted molar refractivity (Wildman–Crippen MR) is 128 cm³/mol. The van der Waals surface area contributed by atoms with Crippen molar-refractivity contribution in [2.75, 3.05) is 10.2 Å². The number of halogens is 1. The van der Waals surface area contributed by atoms with Gasteiger partial charge < -0.3 is 10.2 Å². The SMILES string of the molecule is Ic1cccc(CN(c2ccccc2)C2CC2)c1.c1ccc(NC2CC2)cc1. The summed E-state index contributed by atoms with van der Waals surface area (Å²) in [6.07, 6.45) is 5.35. The van der Waals surface area contributed by atoms with E-state index in [0.29, 0.717) is 0 Å². The molecule has 2 nitrogen and oxygen atoms in total. The molecular formula is C25H27IN2. The molecule has 0 saturated heterocycles. The molecule has 0 aromatic heterocycles. The van der Waals surface area contributed by atoms with Crippen LogP contribution in [0.1, 0.15) is 31.2 Å². The van der Waals surface area contributed by atoms with Crippen molar-refractivity contribution >= 4 is 34.0 Å². The van der Waals surface area contributed by atoms with Gasteiger partial charge in [-0.25, -0.2) is 0 Å². The molecule has 0 bridgehead atoms. The Labute approximate surface area is 182 Å². The highest BCUT2D eigenvalue weighted by Gasteiger charge is 2.29. The molecule has 28 heavy (non-hydrogen) atoms. The first-order valence-electron chi connectivity index (χ1n) is 10.2. The van der Waals surface area contributed by atoms with Crippen LogP contribution >= 0.6 is 22.6 Å². The second-order valence-electron chi connectivity index (χ2n) is 7.61. The van der Waals surface area contributed by atoms with Crippen LogP contribution in [-0.4, -0.2) is 12.1 Å². The molecule has 144 valence electrons. The summed E-state index contributed by atoms with van der Waals surface area (Å²) in [5, 5.41) is 3.42. The summed E-state index contributed by atoms with van der Waals surface area (Å²) in [5.74, 6) is 0. The zero-order chi connectivity index (χ0) is 19.2. The number of para-hydroxylation sites is 2. The van der Waals surface area contributed by atoms with Gasteiger partial charge in [0.15, 0.2) is 0 Å². The van der Waals surface area contributed by atoms with E-state index >= 15 is 0 Å². The highest BCUT2D eigenvalue weighted by Crippen LogP contribution is 2.33. The molecule has 0 heterocycles.